The van der Waals surface area contributed by atoms with E-state index in [9.17, 15) is 14.7 Å². The number of rotatable bonds is 8. The van der Waals surface area contributed by atoms with Gasteiger partial charge in [-0.25, -0.2) is 0 Å². The summed E-state index contributed by atoms with van der Waals surface area (Å²) in [6.45, 7) is 6.04. The van der Waals surface area contributed by atoms with Crippen LogP contribution >= 0.6 is 0 Å². The van der Waals surface area contributed by atoms with Crippen LogP contribution in [-0.2, 0) is 9.59 Å². The van der Waals surface area contributed by atoms with Crippen molar-refractivity contribution in [1.82, 2.24) is 0 Å². The maximum Gasteiger partial charge on any atom is 1.00 e. The van der Waals surface area contributed by atoms with E-state index in [1.54, 1.807) is 6.92 Å². The first-order chi connectivity index (χ1) is 9.66. The van der Waals surface area contributed by atoms with E-state index in [4.69, 9.17) is 5.11 Å². The van der Waals surface area contributed by atoms with E-state index in [0.717, 1.165) is 30.4 Å². The first-order valence-electron chi connectivity index (χ1n) is 7.94. The van der Waals surface area contributed by atoms with Crippen LogP contribution in [0.5, 0.6) is 0 Å². The molecule has 0 spiro atoms. The predicted octanol–water partition coefficient (Wildman–Crippen LogP) is 4.40. The van der Waals surface area contributed by atoms with Crippen molar-refractivity contribution in [3.05, 3.63) is 0 Å². The maximum atomic E-state index is 11.3. The van der Waals surface area contributed by atoms with E-state index in [2.05, 4.69) is 21.0 Å². The van der Waals surface area contributed by atoms with Gasteiger partial charge in [-0.3, -0.25) is 9.59 Å². The Hall–Kier alpha value is -0.100. The molecule has 0 saturated carbocycles. The van der Waals surface area contributed by atoms with Crippen molar-refractivity contribution >= 4 is 11.9 Å². The maximum absolute atomic E-state index is 11.3. The number of nitrogens with zero attached hydrogens (tertiary/aromatic N) is 1. The number of quaternary nitrogens is 1. The van der Waals surface area contributed by atoms with Crippen LogP contribution in [0.25, 0.3) is 0 Å². The van der Waals surface area contributed by atoms with Crippen molar-refractivity contribution < 1.29 is 53.8 Å². The first-order valence-corrected chi connectivity index (χ1v) is 7.94. The molecule has 0 bridgehead atoms. The number of carboxylic acid groups (broad SMARTS) is 2. The molecule has 6 heteroatoms. The summed E-state index contributed by atoms with van der Waals surface area (Å²) in [7, 11) is 4.45. The van der Waals surface area contributed by atoms with Crippen LogP contribution in [-0.4, -0.2) is 53.8 Å². The van der Waals surface area contributed by atoms with Gasteiger partial charge in [0, 0.05) is 11.8 Å². The molecule has 4 unspecified atom stereocenters. The minimum absolute atomic E-state index is 0. The van der Waals surface area contributed by atoms with Crippen LogP contribution in [0, 0.1) is 23.7 Å². The fraction of sp³-hybridized carbons (Fsp3) is 0.917. The normalized spacial score (nSPS) is 19.1. The van der Waals surface area contributed by atoms with Crippen molar-refractivity contribution in [1.29, 1.82) is 0 Å². The predicted molar refractivity (Wildman–Crippen MR) is 135 cm³/mol. The van der Waals surface area contributed by atoms with Crippen molar-refractivity contribution in [3.63, 3.8) is 0 Å². The Bertz CT molecular complexity index is 389. The van der Waals surface area contributed by atoms with Crippen molar-refractivity contribution in [2.24, 2.45) is 23.7 Å². The molecule has 0 aromatic carbocycles. The van der Waals surface area contributed by atoms with Crippen molar-refractivity contribution in [2.75, 3.05) is 27.2 Å². The van der Waals surface area contributed by atoms with Crippen LogP contribution in [0.3, 0.4) is 0 Å². The fourth-order valence-electron chi connectivity index (χ4n) is 3.72. The molecule has 1 rings (SSSR count). The van der Waals surface area contributed by atoms with E-state index in [1.165, 1.54) is 0 Å². The Morgan fingerprint density at radius 2 is 1.27 bits per heavy atom. The number of likely N-dealkylation sites (tertiary alicyclic amines) is 1. The summed E-state index contributed by atoms with van der Waals surface area (Å²) < 4.78 is 1.01. The largest absolute Gasteiger partial charge is 1.00 e. The van der Waals surface area contributed by atoms with Gasteiger partial charge in [-0.1, -0.05) is 73.3 Å². The van der Waals surface area contributed by atoms with Crippen LogP contribution in [0.15, 0.2) is 0 Å². The molecule has 0 aromatic heterocycles. The van der Waals surface area contributed by atoms with E-state index < -0.39 is 23.8 Å². The third kappa shape index (κ3) is 18.7. The van der Waals surface area contributed by atoms with E-state index in [0.29, 0.717) is 18.3 Å². The Labute approximate surface area is 214 Å². The van der Waals surface area contributed by atoms with Gasteiger partial charge in [0.25, 0.3) is 0 Å². The second kappa shape index (κ2) is 25.2. The molecule has 0 amide bonds. The van der Waals surface area contributed by atoms with Gasteiger partial charge in [-0.15, -0.1) is 0 Å². The summed E-state index contributed by atoms with van der Waals surface area (Å²) in [5, 5.41) is 18.3. The number of aliphatic carboxylic acids is 2. The molecule has 5 nitrogen and oxygen atoms in total. The molecule has 186 valence electrons. The van der Waals surface area contributed by atoms with Gasteiger partial charge in [-0.2, -0.15) is 0 Å². The minimum atomic E-state index is -0.911. The van der Waals surface area contributed by atoms with Crippen molar-refractivity contribution in [3.8, 4) is 0 Å². The number of carboxylic acids is 2. The molecule has 0 radical (unpaired) electrons. The van der Waals surface area contributed by atoms with Crippen LogP contribution in [0.4, 0.5) is 0 Å². The molecule has 0 aromatic rings. The fourth-order valence-corrected chi connectivity index (χ4v) is 3.72. The van der Waals surface area contributed by atoms with Crippen LogP contribution < -0.4 is 29.6 Å². The van der Waals surface area contributed by atoms with E-state index in [1.807, 2.05) is 0 Å². The Morgan fingerprint density at radius 1 is 0.867 bits per heavy atom. The summed E-state index contributed by atoms with van der Waals surface area (Å²) in [6.07, 6.45) is 2.85. The molecular formula is C24H62NNaO4+2. The molecule has 30 heavy (non-hydrogen) atoms. The Morgan fingerprint density at radius 3 is 1.60 bits per heavy atom. The molecule has 1 saturated heterocycles. The number of hydrogen-bond acceptors (Lipinski definition) is 2. The average molecular weight is 452 g/mol. The molecule has 1 aliphatic rings. The Balaban J connectivity index is -0.0000000700. The zero-order chi connectivity index (χ0) is 16.2. The Kier molecular flexibility index (Phi) is 48.0. The van der Waals surface area contributed by atoms with E-state index >= 15 is 0 Å². The standard InChI is InChI=1S/C16H29NO4.8CH4.Na/c1-5-12-9-17(3,4)10-14(12)7-6-13(16(20)21)8-11(2)15(18)19;;;;;;;;;/h11-14H,5-10H2,1-4H3,(H-,18,19,20,21);8*1H4;/q;;;;;;;;;+1/p+1. The van der Waals surface area contributed by atoms with Gasteiger partial charge >= 0.3 is 41.5 Å². The molecule has 1 heterocycles. The van der Waals surface area contributed by atoms with Crippen LogP contribution in [0.2, 0.25) is 0 Å². The van der Waals surface area contributed by atoms with Gasteiger partial charge in [0.2, 0.25) is 0 Å². The number of carbonyl (C=O) groups is 2. The van der Waals surface area contributed by atoms with Crippen molar-refractivity contribution in [2.45, 2.75) is 98.9 Å². The molecule has 1 aliphatic heterocycles. The SMILES string of the molecule is C.C.C.C.C.C.C.C.CCC1C[N+](C)(C)CC1CCC(CC(C)C(=O)O)C(=O)O.[Na+]. The summed E-state index contributed by atoms with van der Waals surface area (Å²) >= 11 is 0. The minimum Gasteiger partial charge on any atom is -0.481 e. The van der Waals surface area contributed by atoms with Gasteiger partial charge in [0.1, 0.15) is 0 Å². The first kappa shape index (κ1) is 57.2. The van der Waals surface area contributed by atoms with Crippen LogP contribution in [0.1, 0.15) is 98.9 Å². The zero-order valence-corrected chi connectivity index (χ0v) is 16.7. The second-order valence-corrected chi connectivity index (χ2v) is 7.32. The van der Waals surface area contributed by atoms with Gasteiger partial charge < -0.3 is 14.7 Å². The summed E-state index contributed by atoms with van der Waals surface area (Å²) in [4.78, 5) is 22.2. The third-order valence-corrected chi connectivity index (χ3v) is 4.94. The topological polar surface area (TPSA) is 74.6 Å². The summed E-state index contributed by atoms with van der Waals surface area (Å²) in [6, 6.07) is 0. The molecule has 0 aliphatic carbocycles. The molecule has 1 fully saturated rings. The van der Waals surface area contributed by atoms with Gasteiger partial charge in [0.15, 0.2) is 0 Å². The van der Waals surface area contributed by atoms with E-state index in [-0.39, 0.29) is 95.4 Å². The quantitative estimate of drug-likeness (QED) is 0.424. The molecular weight excluding hydrogens is 389 g/mol. The average Bonchev–Trinajstić information content (AvgIpc) is 2.68. The smallest absolute Gasteiger partial charge is 0.481 e. The number of hydrogen-bond donors (Lipinski definition) is 2. The van der Waals surface area contributed by atoms with Gasteiger partial charge in [0.05, 0.1) is 39.0 Å². The second-order valence-electron chi connectivity index (χ2n) is 7.32. The molecule has 4 atom stereocenters. The van der Waals surface area contributed by atoms with Gasteiger partial charge in [-0.05, 0) is 25.7 Å². The monoisotopic (exact) mass is 451 g/mol. The molecule has 2 N–H and O–H groups in total. The summed E-state index contributed by atoms with van der Waals surface area (Å²) in [5.74, 6) is -1.68. The third-order valence-electron chi connectivity index (χ3n) is 4.94. The zero-order valence-electron chi connectivity index (χ0n) is 14.7. The summed E-state index contributed by atoms with van der Waals surface area (Å²) in [5.41, 5.74) is 0.